The van der Waals surface area contributed by atoms with Gasteiger partial charge in [0.15, 0.2) is 0 Å². The van der Waals surface area contributed by atoms with Crippen LogP contribution in [0, 0.1) is 5.82 Å². The summed E-state index contributed by atoms with van der Waals surface area (Å²) in [5.41, 5.74) is 0.879. The second kappa shape index (κ2) is 12.4. The Kier molecular flexibility index (Phi) is 9.85. The Labute approximate surface area is 200 Å². The van der Waals surface area contributed by atoms with E-state index in [1.807, 2.05) is 6.92 Å². The second-order valence-electron chi connectivity index (χ2n) is 7.83. The third-order valence-electron chi connectivity index (χ3n) is 5.22. The van der Waals surface area contributed by atoms with Gasteiger partial charge in [-0.1, -0.05) is 32.0 Å². The van der Waals surface area contributed by atoms with E-state index in [0.717, 1.165) is 17.0 Å². The molecule has 2 aromatic carbocycles. The van der Waals surface area contributed by atoms with Crippen LogP contribution in [0.2, 0.25) is 0 Å². The molecule has 0 saturated heterocycles. The maximum atomic E-state index is 13.5. The van der Waals surface area contributed by atoms with Gasteiger partial charge < -0.3 is 15.0 Å². The molecule has 0 heterocycles. The van der Waals surface area contributed by atoms with Crippen molar-refractivity contribution >= 4 is 27.5 Å². The molecule has 34 heavy (non-hydrogen) atoms. The summed E-state index contributed by atoms with van der Waals surface area (Å²) in [6.45, 7) is 3.66. The molecule has 2 aromatic rings. The van der Waals surface area contributed by atoms with Gasteiger partial charge in [-0.25, -0.2) is 12.8 Å². The van der Waals surface area contributed by atoms with E-state index in [2.05, 4.69) is 5.32 Å². The van der Waals surface area contributed by atoms with Crippen molar-refractivity contribution in [2.75, 3.05) is 30.8 Å². The molecule has 10 heteroatoms. The van der Waals surface area contributed by atoms with E-state index < -0.39 is 34.3 Å². The lowest BCUT2D eigenvalue weighted by atomic mass is 10.1. The second-order valence-corrected chi connectivity index (χ2v) is 9.74. The molecule has 0 radical (unpaired) electrons. The van der Waals surface area contributed by atoms with Crippen molar-refractivity contribution in [2.45, 2.75) is 39.3 Å². The lowest BCUT2D eigenvalue weighted by Crippen LogP contribution is -2.52. The number of benzene rings is 2. The molecule has 2 amide bonds. The summed E-state index contributed by atoms with van der Waals surface area (Å²) in [4.78, 5) is 27.7. The maximum Gasteiger partial charge on any atom is 0.244 e. The van der Waals surface area contributed by atoms with Crippen LogP contribution in [0.5, 0.6) is 5.75 Å². The van der Waals surface area contributed by atoms with E-state index in [1.165, 1.54) is 42.3 Å². The van der Waals surface area contributed by atoms with Gasteiger partial charge in [-0.05, 0) is 42.7 Å². The molecule has 2 rings (SSSR count). The van der Waals surface area contributed by atoms with Gasteiger partial charge in [0.1, 0.15) is 24.2 Å². The van der Waals surface area contributed by atoms with Crippen molar-refractivity contribution in [2.24, 2.45) is 0 Å². The third-order valence-corrected chi connectivity index (χ3v) is 6.36. The average molecular weight is 494 g/mol. The summed E-state index contributed by atoms with van der Waals surface area (Å²) in [7, 11) is -2.38. The molecule has 0 fully saturated rings. The Hall–Kier alpha value is -3.14. The molecule has 0 spiro atoms. The number of nitrogens with zero attached hydrogens (tertiary/aromatic N) is 2. The molecule has 0 aliphatic heterocycles. The van der Waals surface area contributed by atoms with Crippen LogP contribution in [0.1, 0.15) is 32.3 Å². The topological polar surface area (TPSA) is 96.0 Å². The minimum Gasteiger partial charge on any atom is -0.497 e. The first-order valence-electron chi connectivity index (χ1n) is 11.0. The highest BCUT2D eigenvalue weighted by Crippen LogP contribution is 2.24. The zero-order chi connectivity index (χ0) is 25.3. The van der Waals surface area contributed by atoms with Crippen LogP contribution in [-0.2, 0) is 26.2 Å². The molecule has 0 saturated carbocycles. The summed E-state index contributed by atoms with van der Waals surface area (Å²) in [5.74, 6) is -0.869. The Bertz CT molecular complexity index is 1080. The number of methoxy groups -OCH3 is 1. The van der Waals surface area contributed by atoms with Crippen molar-refractivity contribution in [3.63, 3.8) is 0 Å². The first-order chi connectivity index (χ1) is 16.1. The number of halogens is 1. The monoisotopic (exact) mass is 493 g/mol. The van der Waals surface area contributed by atoms with Crippen LogP contribution in [0.25, 0.3) is 0 Å². The highest BCUT2D eigenvalue weighted by atomic mass is 32.2. The van der Waals surface area contributed by atoms with E-state index in [4.69, 9.17) is 4.74 Å². The van der Waals surface area contributed by atoms with E-state index in [-0.39, 0.29) is 18.1 Å². The van der Waals surface area contributed by atoms with Crippen LogP contribution in [0.3, 0.4) is 0 Å². The van der Waals surface area contributed by atoms with Crippen LogP contribution in [-0.4, -0.2) is 57.6 Å². The van der Waals surface area contributed by atoms with Gasteiger partial charge in [-0.15, -0.1) is 0 Å². The zero-order valence-corrected chi connectivity index (χ0v) is 20.8. The number of hydrogen-bond donors (Lipinski definition) is 1. The van der Waals surface area contributed by atoms with Gasteiger partial charge in [0.25, 0.3) is 0 Å². The lowest BCUT2D eigenvalue weighted by Gasteiger charge is -2.33. The normalized spacial score (nSPS) is 12.0. The Morgan fingerprint density at radius 1 is 1.12 bits per heavy atom. The maximum absolute atomic E-state index is 13.5. The highest BCUT2D eigenvalue weighted by molar-refractivity contribution is 7.92. The summed E-state index contributed by atoms with van der Waals surface area (Å²) in [5, 5.41) is 2.80. The minimum atomic E-state index is -3.84. The number of anilines is 1. The predicted octanol–water partition coefficient (Wildman–Crippen LogP) is 2.93. The van der Waals surface area contributed by atoms with Gasteiger partial charge in [-0.3, -0.25) is 13.9 Å². The fourth-order valence-electron chi connectivity index (χ4n) is 3.45. The number of amides is 2. The quantitative estimate of drug-likeness (QED) is 0.491. The highest BCUT2D eigenvalue weighted by Gasteiger charge is 2.31. The Morgan fingerprint density at radius 2 is 1.79 bits per heavy atom. The Morgan fingerprint density at radius 3 is 2.35 bits per heavy atom. The van der Waals surface area contributed by atoms with Crippen molar-refractivity contribution in [3.8, 4) is 5.75 Å². The fourth-order valence-corrected chi connectivity index (χ4v) is 4.29. The molecule has 8 nitrogen and oxygen atoms in total. The number of rotatable bonds is 12. The predicted molar refractivity (Wildman–Crippen MR) is 130 cm³/mol. The van der Waals surface area contributed by atoms with E-state index in [0.29, 0.717) is 24.3 Å². The number of hydrogen-bond acceptors (Lipinski definition) is 5. The largest absolute Gasteiger partial charge is 0.497 e. The van der Waals surface area contributed by atoms with Gasteiger partial charge in [0.2, 0.25) is 21.8 Å². The van der Waals surface area contributed by atoms with Gasteiger partial charge in [-0.2, -0.15) is 0 Å². The van der Waals surface area contributed by atoms with Crippen LogP contribution in [0.15, 0.2) is 48.5 Å². The van der Waals surface area contributed by atoms with Crippen LogP contribution < -0.4 is 14.4 Å². The molecule has 0 aromatic heterocycles. The molecule has 0 aliphatic carbocycles. The fraction of sp³-hybridized carbons (Fsp3) is 0.417. The van der Waals surface area contributed by atoms with E-state index in [1.54, 1.807) is 25.1 Å². The van der Waals surface area contributed by atoms with Crippen LogP contribution in [0.4, 0.5) is 10.1 Å². The third kappa shape index (κ3) is 7.44. The smallest absolute Gasteiger partial charge is 0.244 e. The number of carbonyl (C=O) groups excluding carboxylic acids is 2. The molecule has 0 unspecified atom stereocenters. The SMILES string of the molecule is CCCNC(=O)[C@H](CC)N(Cc1ccc(F)cc1)C(=O)CN(c1cccc(OC)c1)S(C)(=O)=O. The minimum absolute atomic E-state index is 0.0207. The molecule has 0 aliphatic rings. The Balaban J connectivity index is 2.42. The molecular formula is C24H32FN3O5S. The number of carbonyl (C=O) groups is 2. The van der Waals surface area contributed by atoms with Gasteiger partial charge in [0.05, 0.1) is 19.1 Å². The van der Waals surface area contributed by atoms with Crippen LogP contribution >= 0.6 is 0 Å². The van der Waals surface area contributed by atoms with Crippen molar-refractivity contribution in [1.82, 2.24) is 10.2 Å². The first kappa shape index (κ1) is 27.1. The standard InChI is InChI=1S/C24H32FN3O5S/c1-5-14-26-24(30)22(6-2)27(16-18-10-12-19(25)13-11-18)23(29)17-28(34(4,31)32)20-8-7-9-21(15-20)33-3/h7-13,15,22H,5-6,14,16-17H2,1-4H3,(H,26,30)/t22-/m0/s1. The summed E-state index contributed by atoms with van der Waals surface area (Å²) in [6, 6.07) is 11.2. The number of ether oxygens (including phenoxy) is 1. The summed E-state index contributed by atoms with van der Waals surface area (Å²) >= 11 is 0. The van der Waals surface area contributed by atoms with Gasteiger partial charge in [0, 0.05) is 19.2 Å². The van der Waals surface area contributed by atoms with Crippen molar-refractivity contribution in [3.05, 3.63) is 59.9 Å². The number of nitrogens with one attached hydrogen (secondary N) is 1. The average Bonchev–Trinajstić information content (AvgIpc) is 2.81. The first-order valence-corrected chi connectivity index (χ1v) is 12.9. The molecule has 186 valence electrons. The molecule has 0 bridgehead atoms. The zero-order valence-electron chi connectivity index (χ0n) is 20.0. The summed E-state index contributed by atoms with van der Waals surface area (Å²) < 4.78 is 44.7. The lowest BCUT2D eigenvalue weighted by molar-refractivity contribution is -0.140. The van der Waals surface area contributed by atoms with Gasteiger partial charge >= 0.3 is 0 Å². The number of sulfonamides is 1. The molecular weight excluding hydrogens is 461 g/mol. The van der Waals surface area contributed by atoms with Crippen molar-refractivity contribution < 1.29 is 27.1 Å². The van der Waals surface area contributed by atoms with Crippen molar-refractivity contribution in [1.29, 1.82) is 0 Å². The molecule has 1 N–H and O–H groups in total. The summed E-state index contributed by atoms with van der Waals surface area (Å²) in [6.07, 6.45) is 2.06. The molecule has 1 atom stereocenters. The van der Waals surface area contributed by atoms with E-state index >= 15 is 0 Å². The van der Waals surface area contributed by atoms with E-state index in [9.17, 15) is 22.4 Å².